The molecule has 0 fully saturated rings. The van der Waals surface area contributed by atoms with Crippen molar-refractivity contribution in [3.63, 3.8) is 0 Å². The van der Waals surface area contributed by atoms with Gasteiger partial charge in [0.05, 0.1) is 0 Å². The lowest BCUT2D eigenvalue weighted by Gasteiger charge is -2.14. The molecule has 2 aromatic carbocycles. The molecule has 156 valence electrons. The maximum Gasteiger partial charge on any atom is 0.312 e. The maximum absolute atomic E-state index is 13.8. The number of halogens is 4. The Morgan fingerprint density at radius 3 is 2.28 bits per heavy atom. The first-order valence-corrected chi connectivity index (χ1v) is 8.89. The van der Waals surface area contributed by atoms with E-state index in [0.29, 0.717) is 17.1 Å². The SMILES string of the molecule is Cc1cc(C(=O)N(F)C(=NCl)N(F)F)ccc1Oc1ccc(CCN(C)C)cc1. The number of amides is 1. The normalized spacial score (nSPS) is 11.5. The first-order chi connectivity index (χ1) is 13.7. The minimum Gasteiger partial charge on any atom is -0.457 e. The van der Waals surface area contributed by atoms with Crippen LogP contribution >= 0.6 is 11.8 Å². The van der Waals surface area contributed by atoms with Crippen molar-refractivity contribution in [3.05, 3.63) is 59.2 Å². The number of benzene rings is 2. The highest BCUT2D eigenvalue weighted by Gasteiger charge is 2.27. The van der Waals surface area contributed by atoms with E-state index in [4.69, 9.17) is 16.5 Å². The largest absolute Gasteiger partial charge is 0.457 e. The van der Waals surface area contributed by atoms with Gasteiger partial charge in [-0.2, -0.15) is 0 Å². The highest BCUT2D eigenvalue weighted by atomic mass is 35.5. The second-order valence-electron chi connectivity index (χ2n) is 6.48. The molecule has 2 aromatic rings. The fourth-order valence-corrected chi connectivity index (χ4v) is 2.56. The zero-order valence-corrected chi connectivity index (χ0v) is 16.8. The van der Waals surface area contributed by atoms with Gasteiger partial charge in [-0.25, -0.2) is 0 Å². The van der Waals surface area contributed by atoms with Crippen LogP contribution in [0.5, 0.6) is 11.5 Å². The summed E-state index contributed by atoms with van der Waals surface area (Å²) in [4.78, 5) is 14.1. The van der Waals surface area contributed by atoms with E-state index in [1.54, 1.807) is 6.92 Å². The molecule has 0 radical (unpaired) electrons. The molecule has 0 unspecified atom stereocenters. The Bertz CT molecular complexity index is 876. The predicted molar refractivity (Wildman–Crippen MR) is 105 cm³/mol. The molecule has 0 aromatic heterocycles. The van der Waals surface area contributed by atoms with Crippen LogP contribution in [0.25, 0.3) is 0 Å². The second kappa shape index (κ2) is 10.1. The minimum atomic E-state index is -1.70. The molecule has 0 spiro atoms. The molecule has 0 aliphatic heterocycles. The van der Waals surface area contributed by atoms with Crippen LogP contribution in [0.1, 0.15) is 21.5 Å². The van der Waals surface area contributed by atoms with Crippen molar-refractivity contribution in [2.24, 2.45) is 4.51 Å². The second-order valence-corrected chi connectivity index (χ2v) is 6.65. The molecular weight excluding hydrogens is 409 g/mol. The van der Waals surface area contributed by atoms with E-state index in [9.17, 15) is 18.2 Å². The Balaban J connectivity index is 2.10. The van der Waals surface area contributed by atoms with Crippen molar-refractivity contribution in [1.29, 1.82) is 0 Å². The number of nitrogens with zero attached hydrogens (tertiary/aromatic N) is 4. The number of guanidine groups is 1. The Hall–Kier alpha value is -2.78. The summed E-state index contributed by atoms with van der Waals surface area (Å²) in [6.45, 7) is 2.58. The summed E-state index contributed by atoms with van der Waals surface area (Å²) in [6.07, 6.45) is 0.908. The van der Waals surface area contributed by atoms with Gasteiger partial charge in [0.25, 0.3) is 5.91 Å². The smallest absolute Gasteiger partial charge is 0.312 e. The lowest BCUT2D eigenvalue weighted by molar-refractivity contribution is -0.0958. The highest BCUT2D eigenvalue weighted by molar-refractivity contribution is 6.20. The van der Waals surface area contributed by atoms with E-state index in [0.717, 1.165) is 13.0 Å². The lowest BCUT2D eigenvalue weighted by atomic mass is 10.1. The number of hydrogen-bond acceptors (Lipinski definition) is 4. The average Bonchev–Trinajstić information content (AvgIpc) is 2.68. The van der Waals surface area contributed by atoms with Gasteiger partial charge in [-0.15, -0.1) is 4.51 Å². The summed E-state index contributed by atoms with van der Waals surface area (Å²) in [5, 5.41) is -2.54. The molecular formula is C19H20ClF3N4O2. The molecule has 0 bridgehead atoms. The van der Waals surface area contributed by atoms with E-state index < -0.39 is 22.3 Å². The van der Waals surface area contributed by atoms with Crippen molar-refractivity contribution < 1.29 is 23.0 Å². The monoisotopic (exact) mass is 428 g/mol. The fourth-order valence-electron chi connectivity index (χ4n) is 2.43. The van der Waals surface area contributed by atoms with E-state index in [2.05, 4.69) is 9.41 Å². The van der Waals surface area contributed by atoms with Gasteiger partial charge in [-0.3, -0.25) is 4.79 Å². The van der Waals surface area contributed by atoms with Crippen LogP contribution in [0.4, 0.5) is 13.4 Å². The highest BCUT2D eigenvalue weighted by Crippen LogP contribution is 2.27. The average molecular weight is 429 g/mol. The van der Waals surface area contributed by atoms with Crippen LogP contribution in [0.3, 0.4) is 0 Å². The van der Waals surface area contributed by atoms with E-state index in [1.807, 2.05) is 38.4 Å². The zero-order chi connectivity index (χ0) is 21.6. The van der Waals surface area contributed by atoms with Crippen LogP contribution < -0.4 is 4.74 Å². The molecule has 0 N–H and O–H groups in total. The Kier molecular flexibility index (Phi) is 7.86. The molecule has 0 heterocycles. The molecule has 10 heteroatoms. The number of hydrogen-bond donors (Lipinski definition) is 0. The van der Waals surface area contributed by atoms with Gasteiger partial charge in [0.2, 0.25) is 0 Å². The van der Waals surface area contributed by atoms with Gasteiger partial charge in [-0.05, 0) is 68.9 Å². The molecule has 0 saturated heterocycles. The molecule has 1 amide bonds. The Morgan fingerprint density at radius 1 is 1.10 bits per heavy atom. The predicted octanol–water partition coefficient (Wildman–Crippen LogP) is 4.80. The van der Waals surface area contributed by atoms with Gasteiger partial charge in [-0.1, -0.05) is 30.7 Å². The van der Waals surface area contributed by atoms with Crippen molar-refractivity contribution in [3.8, 4) is 11.5 Å². The quantitative estimate of drug-likeness (QED) is 0.377. The van der Waals surface area contributed by atoms with Crippen molar-refractivity contribution in [2.75, 3.05) is 20.6 Å². The van der Waals surface area contributed by atoms with Gasteiger partial charge >= 0.3 is 5.96 Å². The van der Waals surface area contributed by atoms with E-state index >= 15 is 0 Å². The summed E-state index contributed by atoms with van der Waals surface area (Å²) in [5.41, 5.74) is 1.51. The third kappa shape index (κ3) is 6.10. The van der Waals surface area contributed by atoms with Gasteiger partial charge < -0.3 is 9.64 Å². The number of aryl methyl sites for hydroxylation is 1. The summed E-state index contributed by atoms with van der Waals surface area (Å²) < 4.78 is 47.1. The summed E-state index contributed by atoms with van der Waals surface area (Å²) >= 11 is 4.89. The molecule has 6 nitrogen and oxygen atoms in total. The first-order valence-electron chi connectivity index (χ1n) is 8.56. The van der Waals surface area contributed by atoms with E-state index in [-0.39, 0.29) is 5.56 Å². The lowest BCUT2D eigenvalue weighted by Crippen LogP contribution is -2.35. The topological polar surface area (TPSA) is 48.4 Å². The third-order valence-corrected chi connectivity index (χ3v) is 4.15. The number of rotatable bonds is 6. The van der Waals surface area contributed by atoms with Crippen LogP contribution in [0.15, 0.2) is 47.0 Å². The zero-order valence-electron chi connectivity index (χ0n) is 16.1. The van der Waals surface area contributed by atoms with Crippen molar-refractivity contribution in [2.45, 2.75) is 13.3 Å². The van der Waals surface area contributed by atoms with Gasteiger partial charge in [0, 0.05) is 29.2 Å². The van der Waals surface area contributed by atoms with Crippen LogP contribution in [-0.2, 0) is 6.42 Å². The maximum atomic E-state index is 13.8. The summed E-state index contributed by atoms with van der Waals surface area (Å²) in [5.74, 6) is -1.94. The Morgan fingerprint density at radius 2 is 1.76 bits per heavy atom. The van der Waals surface area contributed by atoms with Crippen LogP contribution in [0.2, 0.25) is 0 Å². The number of carbonyl (C=O) groups excluding carboxylic acids is 1. The molecule has 0 saturated carbocycles. The first kappa shape index (κ1) is 22.5. The number of carbonyl (C=O) groups is 1. The number of likely N-dealkylation sites (N-methyl/N-ethyl adjacent to an activating group) is 1. The van der Waals surface area contributed by atoms with Gasteiger partial charge in [0.1, 0.15) is 11.5 Å². The molecule has 0 aliphatic carbocycles. The van der Waals surface area contributed by atoms with E-state index in [1.165, 1.54) is 23.8 Å². The molecule has 2 rings (SSSR count). The van der Waals surface area contributed by atoms with Gasteiger partial charge in [0.15, 0.2) is 0 Å². The van der Waals surface area contributed by atoms with Crippen LogP contribution in [-0.4, -0.2) is 47.9 Å². The fraction of sp³-hybridized carbons (Fsp3) is 0.263. The third-order valence-electron chi connectivity index (χ3n) is 4.00. The van der Waals surface area contributed by atoms with Crippen molar-refractivity contribution >= 4 is 23.6 Å². The molecule has 0 aliphatic rings. The summed E-state index contributed by atoms with van der Waals surface area (Å²) in [6, 6.07) is 11.6. The minimum absolute atomic E-state index is 0.170. The molecule has 29 heavy (non-hydrogen) atoms. The standard InChI is InChI=1S/C19H20ClF3N4O2/c1-13-12-15(18(28)26(21)19(24-20)27(22)23)6-9-17(13)29-16-7-4-14(5-8-16)10-11-25(2)3/h4-9,12H,10-11H2,1-3H3. The summed E-state index contributed by atoms with van der Waals surface area (Å²) in [7, 11) is 4.01. The Labute approximate surface area is 171 Å². The molecule has 0 atom stereocenters. The van der Waals surface area contributed by atoms with Crippen LogP contribution in [0, 0.1) is 6.92 Å². The van der Waals surface area contributed by atoms with Crippen molar-refractivity contribution in [1.82, 2.24) is 15.4 Å². The number of ether oxygens (including phenoxy) is 1.